The van der Waals surface area contributed by atoms with E-state index >= 15 is 0 Å². The Morgan fingerprint density at radius 2 is 2.54 bits per heavy atom. The predicted molar refractivity (Wildman–Crippen MR) is 52.3 cm³/mol. The van der Waals surface area contributed by atoms with Gasteiger partial charge >= 0.3 is 0 Å². The molecule has 0 saturated carbocycles. The summed E-state index contributed by atoms with van der Waals surface area (Å²) in [6, 6.07) is 1.62. The Bertz CT molecular complexity index is 333. The highest BCUT2D eigenvalue weighted by atomic mass is 32.1. The smallest absolute Gasteiger partial charge is 0.272 e. The van der Waals surface area contributed by atoms with Gasteiger partial charge in [-0.3, -0.25) is 9.48 Å². The van der Waals surface area contributed by atoms with Gasteiger partial charge in [0.15, 0.2) is 0 Å². The van der Waals surface area contributed by atoms with Crippen LogP contribution in [-0.4, -0.2) is 27.2 Å². The fourth-order valence-electron chi connectivity index (χ4n) is 0.794. The molecule has 1 aromatic rings. The number of aryl methyl sites for hydroxylation is 1. The summed E-state index contributed by atoms with van der Waals surface area (Å²) < 4.78 is 1.55. The average molecular weight is 198 g/mol. The van der Waals surface area contributed by atoms with Crippen LogP contribution in [0.2, 0.25) is 0 Å². The first-order valence-corrected chi connectivity index (χ1v) is 4.06. The van der Waals surface area contributed by atoms with Crippen molar-refractivity contribution in [1.82, 2.24) is 15.1 Å². The maximum atomic E-state index is 11.3. The summed E-state index contributed by atoms with van der Waals surface area (Å²) in [5, 5.41) is 6.44. The fourth-order valence-corrected chi connectivity index (χ4v) is 0.866. The molecule has 5 nitrogen and oxygen atoms in total. The number of thiocarbonyl (C=S) groups is 1. The van der Waals surface area contributed by atoms with Gasteiger partial charge in [-0.05, 0) is 6.07 Å². The number of nitrogens with one attached hydrogen (secondary N) is 1. The summed E-state index contributed by atoms with van der Waals surface area (Å²) in [7, 11) is 1.74. The molecule has 0 unspecified atom stereocenters. The molecule has 70 valence electrons. The van der Waals surface area contributed by atoms with E-state index in [1.54, 1.807) is 24.0 Å². The van der Waals surface area contributed by atoms with Crippen molar-refractivity contribution in [1.29, 1.82) is 0 Å². The summed E-state index contributed by atoms with van der Waals surface area (Å²) in [6.45, 7) is 0.199. The minimum absolute atomic E-state index is 0.199. The molecule has 1 heterocycles. The SMILES string of the molecule is Cn1ccc(C(=O)NCC(N)=S)n1. The van der Waals surface area contributed by atoms with Crippen LogP contribution < -0.4 is 11.1 Å². The average Bonchev–Trinajstić information content (AvgIpc) is 2.47. The van der Waals surface area contributed by atoms with Crippen LogP contribution in [0.3, 0.4) is 0 Å². The molecule has 0 fully saturated rings. The van der Waals surface area contributed by atoms with E-state index in [0.717, 1.165) is 0 Å². The van der Waals surface area contributed by atoms with Crippen molar-refractivity contribution in [2.24, 2.45) is 12.8 Å². The van der Waals surface area contributed by atoms with Crippen LogP contribution in [0.1, 0.15) is 10.5 Å². The van der Waals surface area contributed by atoms with E-state index in [4.69, 9.17) is 5.73 Å². The number of hydrogen-bond donors (Lipinski definition) is 2. The molecule has 3 N–H and O–H groups in total. The minimum atomic E-state index is -0.270. The summed E-state index contributed by atoms with van der Waals surface area (Å²) in [4.78, 5) is 11.5. The zero-order chi connectivity index (χ0) is 9.84. The van der Waals surface area contributed by atoms with E-state index in [1.165, 1.54) is 0 Å². The molecule has 0 aliphatic heterocycles. The highest BCUT2D eigenvalue weighted by Gasteiger charge is 2.07. The third kappa shape index (κ3) is 2.83. The van der Waals surface area contributed by atoms with E-state index < -0.39 is 0 Å². The summed E-state index contributed by atoms with van der Waals surface area (Å²) in [5.74, 6) is -0.270. The molecule has 0 aromatic carbocycles. The van der Waals surface area contributed by atoms with Gasteiger partial charge in [0.25, 0.3) is 5.91 Å². The lowest BCUT2D eigenvalue weighted by Crippen LogP contribution is -2.32. The molecule has 1 amide bonds. The first kappa shape index (κ1) is 9.66. The molecular formula is C7H10N4OS. The van der Waals surface area contributed by atoms with Gasteiger partial charge in [-0.25, -0.2) is 0 Å². The van der Waals surface area contributed by atoms with Crippen molar-refractivity contribution in [2.45, 2.75) is 0 Å². The Balaban J connectivity index is 2.54. The summed E-state index contributed by atoms with van der Waals surface area (Å²) in [5.41, 5.74) is 5.58. The highest BCUT2D eigenvalue weighted by molar-refractivity contribution is 7.80. The Labute approximate surface area is 80.9 Å². The van der Waals surface area contributed by atoms with Crippen LogP contribution in [0.25, 0.3) is 0 Å². The van der Waals surface area contributed by atoms with E-state index in [0.29, 0.717) is 5.69 Å². The molecule has 1 aromatic heterocycles. The number of nitrogens with zero attached hydrogens (tertiary/aromatic N) is 2. The van der Waals surface area contributed by atoms with Gasteiger partial charge in [0.1, 0.15) is 5.69 Å². The molecule has 0 spiro atoms. The third-order valence-corrected chi connectivity index (χ3v) is 1.51. The Morgan fingerprint density at radius 1 is 1.85 bits per heavy atom. The van der Waals surface area contributed by atoms with E-state index in [2.05, 4.69) is 22.6 Å². The molecule has 0 atom stereocenters. The van der Waals surface area contributed by atoms with Gasteiger partial charge in [0, 0.05) is 13.2 Å². The van der Waals surface area contributed by atoms with Gasteiger partial charge in [-0.2, -0.15) is 5.10 Å². The highest BCUT2D eigenvalue weighted by Crippen LogP contribution is 1.92. The second-order valence-corrected chi connectivity index (χ2v) is 3.05. The van der Waals surface area contributed by atoms with Gasteiger partial charge in [-0.15, -0.1) is 0 Å². The number of aromatic nitrogens is 2. The van der Waals surface area contributed by atoms with E-state index in [1.807, 2.05) is 0 Å². The fraction of sp³-hybridized carbons (Fsp3) is 0.286. The van der Waals surface area contributed by atoms with Crippen molar-refractivity contribution in [3.8, 4) is 0 Å². The van der Waals surface area contributed by atoms with Crippen molar-refractivity contribution < 1.29 is 4.79 Å². The van der Waals surface area contributed by atoms with Crippen LogP contribution in [0.4, 0.5) is 0 Å². The molecule has 6 heteroatoms. The predicted octanol–water partition coefficient (Wildman–Crippen LogP) is -0.564. The van der Waals surface area contributed by atoms with Crippen molar-refractivity contribution >= 4 is 23.1 Å². The molecule has 0 saturated heterocycles. The molecule has 1 rings (SSSR count). The molecule has 0 bridgehead atoms. The molecule has 0 aliphatic carbocycles. The standard InChI is InChI=1S/C7H10N4OS/c1-11-3-2-5(10-11)7(12)9-4-6(8)13/h2-3H,4H2,1H3,(H2,8,13)(H,9,12). The molecule has 0 aliphatic rings. The maximum Gasteiger partial charge on any atom is 0.272 e. The van der Waals surface area contributed by atoms with E-state index in [-0.39, 0.29) is 17.4 Å². The second kappa shape index (κ2) is 3.99. The third-order valence-electron chi connectivity index (χ3n) is 1.37. The second-order valence-electron chi connectivity index (χ2n) is 2.52. The quantitative estimate of drug-likeness (QED) is 0.638. The van der Waals surface area contributed by atoms with Crippen molar-refractivity contribution in [3.05, 3.63) is 18.0 Å². The zero-order valence-electron chi connectivity index (χ0n) is 7.15. The first-order chi connectivity index (χ1) is 6.09. The number of rotatable bonds is 3. The van der Waals surface area contributed by atoms with E-state index in [9.17, 15) is 4.79 Å². The lowest BCUT2D eigenvalue weighted by molar-refractivity contribution is 0.0953. The van der Waals surface area contributed by atoms with Crippen LogP contribution in [-0.2, 0) is 7.05 Å². The van der Waals surface area contributed by atoms with Gasteiger partial charge in [0.2, 0.25) is 0 Å². The Hall–Kier alpha value is -1.43. The number of nitrogens with two attached hydrogens (primary N) is 1. The Kier molecular flexibility index (Phi) is 2.97. The van der Waals surface area contributed by atoms with Gasteiger partial charge < -0.3 is 11.1 Å². The number of carbonyl (C=O) groups is 1. The summed E-state index contributed by atoms with van der Waals surface area (Å²) >= 11 is 4.61. The summed E-state index contributed by atoms with van der Waals surface area (Å²) in [6.07, 6.45) is 1.69. The first-order valence-electron chi connectivity index (χ1n) is 3.66. The van der Waals surface area contributed by atoms with Crippen molar-refractivity contribution in [2.75, 3.05) is 6.54 Å². The van der Waals surface area contributed by atoms with Crippen LogP contribution in [0, 0.1) is 0 Å². The largest absolute Gasteiger partial charge is 0.392 e. The van der Waals surface area contributed by atoms with Gasteiger partial charge in [0.05, 0.1) is 11.5 Å². The lowest BCUT2D eigenvalue weighted by atomic mass is 10.4. The molecular weight excluding hydrogens is 188 g/mol. The zero-order valence-corrected chi connectivity index (χ0v) is 7.97. The number of hydrogen-bond acceptors (Lipinski definition) is 3. The van der Waals surface area contributed by atoms with Crippen LogP contribution in [0.15, 0.2) is 12.3 Å². The van der Waals surface area contributed by atoms with Crippen LogP contribution >= 0.6 is 12.2 Å². The molecule has 13 heavy (non-hydrogen) atoms. The van der Waals surface area contributed by atoms with Crippen molar-refractivity contribution in [3.63, 3.8) is 0 Å². The Morgan fingerprint density at radius 3 is 3.00 bits per heavy atom. The normalized spacial score (nSPS) is 9.62. The lowest BCUT2D eigenvalue weighted by Gasteiger charge is -1.99. The minimum Gasteiger partial charge on any atom is -0.392 e. The maximum absolute atomic E-state index is 11.3. The number of carbonyl (C=O) groups excluding carboxylic acids is 1. The van der Waals surface area contributed by atoms with Gasteiger partial charge in [-0.1, -0.05) is 12.2 Å². The van der Waals surface area contributed by atoms with Crippen LogP contribution in [0.5, 0.6) is 0 Å². The topological polar surface area (TPSA) is 72.9 Å². The molecule has 0 radical (unpaired) electrons. The monoisotopic (exact) mass is 198 g/mol. The number of amides is 1.